The van der Waals surface area contributed by atoms with Gasteiger partial charge in [-0.15, -0.1) is 0 Å². The lowest BCUT2D eigenvalue weighted by Crippen LogP contribution is -2.44. The molecule has 0 fully saturated rings. The number of hydrogen-bond donors (Lipinski definition) is 9. The molecule has 0 radical (unpaired) electrons. The molecular formula is C24H55N9O2. The summed E-state index contributed by atoms with van der Waals surface area (Å²) in [6.45, 7) is 10.3. The second-order valence-corrected chi connectivity index (χ2v) is 8.86. The predicted molar refractivity (Wildman–Crippen MR) is 145 cm³/mol. The number of rotatable bonds is 27. The van der Waals surface area contributed by atoms with Crippen LogP contribution in [0, 0.1) is 0 Å². The third-order valence-electron chi connectivity index (χ3n) is 5.45. The van der Waals surface area contributed by atoms with E-state index in [2.05, 4.69) is 31.9 Å². The van der Waals surface area contributed by atoms with Crippen LogP contribution < -0.4 is 49.1 Å². The quantitative estimate of drug-likeness (QED) is 0.0594. The van der Waals surface area contributed by atoms with E-state index in [1.54, 1.807) is 0 Å². The predicted octanol–water partition coefficient (Wildman–Crippen LogP) is -1.67. The van der Waals surface area contributed by atoms with Crippen LogP contribution in [-0.4, -0.2) is 96.4 Å². The van der Waals surface area contributed by atoms with Crippen LogP contribution in [0.4, 0.5) is 0 Å². The zero-order valence-electron chi connectivity index (χ0n) is 22.0. The monoisotopic (exact) mass is 501 g/mol. The van der Waals surface area contributed by atoms with Crippen molar-refractivity contribution >= 4 is 11.8 Å². The van der Waals surface area contributed by atoms with Crippen molar-refractivity contribution in [3.63, 3.8) is 0 Å². The lowest BCUT2D eigenvalue weighted by atomic mass is 10.2. The van der Waals surface area contributed by atoms with Crippen molar-refractivity contribution in [1.82, 2.24) is 31.9 Å². The summed E-state index contributed by atoms with van der Waals surface area (Å²) in [7, 11) is 0. The first kappa shape index (κ1) is 33.7. The number of unbranched alkanes of at least 4 members (excludes halogenated alkanes) is 2. The van der Waals surface area contributed by atoms with Gasteiger partial charge in [-0.25, -0.2) is 0 Å². The van der Waals surface area contributed by atoms with Crippen molar-refractivity contribution in [3.05, 3.63) is 0 Å². The standard InChI is InChI=1S/C24H55N9O2/c25-9-5-15-28-11-1-3-13-30-17-7-19-32-23(34)21-22(27)24(35)33-20-8-18-31-14-4-2-12-29-16-6-10-26/h22,28-31H,1-21,25-27H2,(H,32,34)(H,33,35). The zero-order chi connectivity index (χ0) is 25.8. The third-order valence-corrected chi connectivity index (χ3v) is 5.45. The molecule has 0 aliphatic heterocycles. The Hall–Kier alpha value is -1.34. The summed E-state index contributed by atoms with van der Waals surface area (Å²) in [6, 6.07) is -0.814. The van der Waals surface area contributed by atoms with Gasteiger partial charge in [-0.05, 0) is 117 Å². The van der Waals surface area contributed by atoms with E-state index in [0.717, 1.165) is 117 Å². The van der Waals surface area contributed by atoms with Gasteiger partial charge in [0.05, 0.1) is 12.5 Å². The zero-order valence-corrected chi connectivity index (χ0v) is 22.0. The molecule has 0 aromatic rings. The fourth-order valence-corrected chi connectivity index (χ4v) is 3.32. The Bertz CT molecular complexity index is 484. The Kier molecular flexibility index (Phi) is 26.2. The van der Waals surface area contributed by atoms with Crippen molar-refractivity contribution in [3.8, 4) is 0 Å². The number of amides is 2. The van der Waals surface area contributed by atoms with Crippen molar-refractivity contribution in [2.45, 2.75) is 63.8 Å². The molecule has 35 heavy (non-hydrogen) atoms. The third kappa shape index (κ3) is 25.6. The highest BCUT2D eigenvalue weighted by molar-refractivity contribution is 5.88. The van der Waals surface area contributed by atoms with Gasteiger partial charge in [0.2, 0.25) is 11.8 Å². The van der Waals surface area contributed by atoms with Gasteiger partial charge < -0.3 is 49.1 Å². The summed E-state index contributed by atoms with van der Waals surface area (Å²) in [5.74, 6) is -0.460. The molecule has 11 nitrogen and oxygen atoms in total. The molecule has 0 rings (SSSR count). The number of nitrogens with one attached hydrogen (secondary N) is 6. The molecule has 0 saturated heterocycles. The molecular weight excluding hydrogens is 446 g/mol. The highest BCUT2D eigenvalue weighted by Gasteiger charge is 2.16. The van der Waals surface area contributed by atoms with Crippen LogP contribution in [-0.2, 0) is 9.59 Å². The molecule has 0 saturated carbocycles. The summed E-state index contributed by atoms with van der Waals surface area (Å²) >= 11 is 0. The van der Waals surface area contributed by atoms with Crippen LogP contribution in [0.5, 0.6) is 0 Å². The van der Waals surface area contributed by atoms with Crippen LogP contribution in [0.15, 0.2) is 0 Å². The number of carbonyl (C=O) groups is 2. The smallest absolute Gasteiger partial charge is 0.237 e. The molecule has 0 aromatic heterocycles. The fourth-order valence-electron chi connectivity index (χ4n) is 3.32. The average Bonchev–Trinajstić information content (AvgIpc) is 2.85. The van der Waals surface area contributed by atoms with E-state index in [1.807, 2.05) is 0 Å². The minimum absolute atomic E-state index is 0.00792. The van der Waals surface area contributed by atoms with Gasteiger partial charge in [-0.1, -0.05) is 0 Å². The first-order chi connectivity index (χ1) is 17.1. The number of nitrogens with two attached hydrogens (primary N) is 3. The molecule has 0 bridgehead atoms. The maximum absolute atomic E-state index is 12.1. The van der Waals surface area contributed by atoms with Crippen molar-refractivity contribution in [1.29, 1.82) is 0 Å². The number of hydrogen-bond acceptors (Lipinski definition) is 9. The summed E-state index contributed by atoms with van der Waals surface area (Å²) in [5, 5.41) is 19.1. The number of carbonyl (C=O) groups excluding carboxylic acids is 2. The van der Waals surface area contributed by atoms with Crippen molar-refractivity contribution < 1.29 is 9.59 Å². The van der Waals surface area contributed by atoms with Crippen LogP contribution in [0.25, 0.3) is 0 Å². The van der Waals surface area contributed by atoms with Gasteiger partial charge in [-0.2, -0.15) is 0 Å². The van der Waals surface area contributed by atoms with E-state index in [0.29, 0.717) is 13.1 Å². The van der Waals surface area contributed by atoms with Gasteiger partial charge in [0.25, 0.3) is 0 Å². The maximum atomic E-state index is 12.1. The van der Waals surface area contributed by atoms with E-state index >= 15 is 0 Å². The van der Waals surface area contributed by atoms with Gasteiger partial charge >= 0.3 is 0 Å². The van der Waals surface area contributed by atoms with Crippen molar-refractivity contribution in [2.24, 2.45) is 17.2 Å². The van der Waals surface area contributed by atoms with Crippen LogP contribution in [0.1, 0.15) is 57.8 Å². The molecule has 0 heterocycles. The highest BCUT2D eigenvalue weighted by atomic mass is 16.2. The summed E-state index contributed by atoms with van der Waals surface area (Å²) in [5.41, 5.74) is 16.8. The molecule has 0 aliphatic carbocycles. The lowest BCUT2D eigenvalue weighted by Gasteiger charge is -2.13. The van der Waals surface area contributed by atoms with E-state index < -0.39 is 6.04 Å². The molecule has 11 heteroatoms. The molecule has 0 spiro atoms. The second-order valence-electron chi connectivity index (χ2n) is 8.86. The Morgan fingerprint density at radius 2 is 0.886 bits per heavy atom. The molecule has 208 valence electrons. The summed E-state index contributed by atoms with van der Waals surface area (Å²) in [6.07, 6.45) is 8.24. The molecule has 0 aromatic carbocycles. The Morgan fingerprint density at radius 3 is 1.31 bits per heavy atom. The topological polar surface area (TPSA) is 184 Å². The van der Waals surface area contributed by atoms with Gasteiger partial charge in [0.1, 0.15) is 0 Å². The normalized spacial score (nSPS) is 12.0. The van der Waals surface area contributed by atoms with Crippen molar-refractivity contribution in [2.75, 3.05) is 78.5 Å². The first-order valence-corrected chi connectivity index (χ1v) is 13.6. The van der Waals surface area contributed by atoms with Gasteiger partial charge in [0, 0.05) is 13.1 Å². The van der Waals surface area contributed by atoms with E-state index in [9.17, 15) is 9.59 Å². The molecule has 1 unspecified atom stereocenters. The highest BCUT2D eigenvalue weighted by Crippen LogP contribution is 1.91. The lowest BCUT2D eigenvalue weighted by molar-refractivity contribution is -0.127. The van der Waals surface area contributed by atoms with Crippen LogP contribution in [0.2, 0.25) is 0 Å². The molecule has 0 aliphatic rings. The molecule has 2 amide bonds. The Labute approximate surface area is 213 Å². The van der Waals surface area contributed by atoms with Gasteiger partial charge in [0.15, 0.2) is 0 Å². The average molecular weight is 502 g/mol. The molecule has 1 atom stereocenters. The minimum atomic E-state index is -0.814. The maximum Gasteiger partial charge on any atom is 0.237 e. The fraction of sp³-hybridized carbons (Fsp3) is 0.917. The second kappa shape index (κ2) is 27.3. The first-order valence-electron chi connectivity index (χ1n) is 13.6. The summed E-state index contributed by atoms with van der Waals surface area (Å²) in [4.78, 5) is 24.1. The molecule has 12 N–H and O–H groups in total. The van der Waals surface area contributed by atoms with Crippen LogP contribution >= 0.6 is 0 Å². The van der Waals surface area contributed by atoms with Crippen LogP contribution in [0.3, 0.4) is 0 Å². The van der Waals surface area contributed by atoms with E-state index in [4.69, 9.17) is 17.2 Å². The van der Waals surface area contributed by atoms with E-state index in [1.165, 1.54) is 0 Å². The van der Waals surface area contributed by atoms with E-state index in [-0.39, 0.29) is 18.2 Å². The SMILES string of the molecule is NCCCNCCCCNCCCNC(=O)CC(N)C(=O)NCCCNCCCCNCCCN. The minimum Gasteiger partial charge on any atom is -0.356 e. The Morgan fingerprint density at radius 1 is 0.514 bits per heavy atom. The Balaban J connectivity index is 3.44. The summed E-state index contributed by atoms with van der Waals surface area (Å²) < 4.78 is 0. The van der Waals surface area contributed by atoms with Gasteiger partial charge in [-0.3, -0.25) is 9.59 Å². The largest absolute Gasteiger partial charge is 0.356 e.